The van der Waals surface area contributed by atoms with E-state index in [4.69, 9.17) is 0 Å². The van der Waals surface area contributed by atoms with Crippen LogP contribution in [0.4, 0.5) is 0 Å². The molecule has 0 unspecified atom stereocenters. The van der Waals surface area contributed by atoms with Gasteiger partial charge in [0.1, 0.15) is 0 Å². The first-order chi connectivity index (χ1) is 10.4. The number of aromatic nitrogens is 2. The number of aryl methyl sites for hydroxylation is 1. The van der Waals surface area contributed by atoms with Crippen LogP contribution < -0.4 is 0 Å². The predicted molar refractivity (Wildman–Crippen MR) is 88.3 cm³/mol. The number of fused-ring (bicyclic) bond motifs is 3. The molecule has 0 saturated heterocycles. The molecule has 0 saturated carbocycles. The number of pyridine rings is 1. The van der Waals surface area contributed by atoms with Crippen LogP contribution in [0.2, 0.25) is 0 Å². The molecule has 0 atom stereocenters. The van der Waals surface area contributed by atoms with Gasteiger partial charge < -0.3 is 4.57 Å². The van der Waals surface area contributed by atoms with Crippen molar-refractivity contribution in [2.45, 2.75) is 13.5 Å². The minimum Gasteiger partial charge on any atom is -0.341 e. The molecular formula is C19H16N2. The van der Waals surface area contributed by atoms with Crippen LogP contribution in [0, 0.1) is 0 Å². The second-order valence-electron chi connectivity index (χ2n) is 5.21. The molecule has 0 radical (unpaired) electrons. The maximum absolute atomic E-state index is 4.46. The molecule has 21 heavy (non-hydrogen) atoms. The largest absolute Gasteiger partial charge is 0.341 e. The Labute approximate surface area is 123 Å². The molecule has 2 heterocycles. The summed E-state index contributed by atoms with van der Waals surface area (Å²) in [5.41, 5.74) is 4.78. The quantitative estimate of drug-likeness (QED) is 0.508. The molecule has 2 aromatic heterocycles. The van der Waals surface area contributed by atoms with Crippen molar-refractivity contribution in [2.24, 2.45) is 0 Å². The maximum Gasteiger partial charge on any atom is 0.0702 e. The number of para-hydroxylation sites is 1. The summed E-state index contributed by atoms with van der Waals surface area (Å²) in [6.07, 6.45) is 1.84. The van der Waals surface area contributed by atoms with Crippen LogP contribution >= 0.6 is 0 Å². The van der Waals surface area contributed by atoms with Crippen molar-refractivity contribution in [1.29, 1.82) is 0 Å². The Bertz CT molecular complexity index is 920. The van der Waals surface area contributed by atoms with Gasteiger partial charge in [-0.25, -0.2) is 0 Å². The summed E-state index contributed by atoms with van der Waals surface area (Å²) < 4.78 is 2.37. The normalized spacial score (nSPS) is 11.3. The highest BCUT2D eigenvalue weighted by Crippen LogP contribution is 2.31. The van der Waals surface area contributed by atoms with E-state index in [0.717, 1.165) is 12.2 Å². The Kier molecular flexibility index (Phi) is 2.74. The number of hydrogen-bond donors (Lipinski definition) is 0. The van der Waals surface area contributed by atoms with Gasteiger partial charge in [-0.3, -0.25) is 4.98 Å². The fraction of sp³-hybridized carbons (Fsp3) is 0.105. The van der Waals surface area contributed by atoms with Crippen molar-refractivity contribution in [3.8, 4) is 11.3 Å². The Morgan fingerprint density at radius 2 is 1.67 bits per heavy atom. The van der Waals surface area contributed by atoms with Crippen LogP contribution in [-0.2, 0) is 6.54 Å². The number of nitrogens with zero attached hydrogens (tertiary/aromatic N) is 2. The van der Waals surface area contributed by atoms with E-state index in [9.17, 15) is 0 Å². The molecule has 0 N–H and O–H groups in total. The zero-order valence-electron chi connectivity index (χ0n) is 12.0. The minimum atomic E-state index is 0.979. The van der Waals surface area contributed by atoms with E-state index in [1.807, 2.05) is 18.3 Å². The lowest BCUT2D eigenvalue weighted by atomic mass is 10.1. The van der Waals surface area contributed by atoms with Crippen molar-refractivity contribution in [3.05, 3.63) is 66.9 Å². The highest BCUT2D eigenvalue weighted by atomic mass is 15.0. The van der Waals surface area contributed by atoms with Gasteiger partial charge in [0, 0.05) is 40.1 Å². The van der Waals surface area contributed by atoms with Crippen LogP contribution in [0.3, 0.4) is 0 Å². The van der Waals surface area contributed by atoms with Gasteiger partial charge >= 0.3 is 0 Å². The first-order valence-corrected chi connectivity index (χ1v) is 7.31. The van der Waals surface area contributed by atoms with Crippen LogP contribution in [0.5, 0.6) is 0 Å². The third kappa shape index (κ3) is 1.83. The lowest BCUT2D eigenvalue weighted by Crippen LogP contribution is -1.92. The molecule has 4 aromatic rings. The second kappa shape index (κ2) is 4.74. The van der Waals surface area contributed by atoms with Gasteiger partial charge in [-0.05, 0) is 37.3 Å². The number of benzene rings is 2. The summed E-state index contributed by atoms with van der Waals surface area (Å²) in [4.78, 5) is 4.46. The number of hydrogen-bond acceptors (Lipinski definition) is 1. The van der Waals surface area contributed by atoms with Crippen molar-refractivity contribution in [3.63, 3.8) is 0 Å². The van der Waals surface area contributed by atoms with Crippen molar-refractivity contribution < 1.29 is 0 Å². The molecule has 102 valence electrons. The molecule has 0 fully saturated rings. The Hall–Kier alpha value is -2.61. The fourth-order valence-electron chi connectivity index (χ4n) is 3.09. The molecule has 2 heteroatoms. The smallest absolute Gasteiger partial charge is 0.0702 e. The summed E-state index contributed by atoms with van der Waals surface area (Å²) in [5.74, 6) is 0. The average Bonchev–Trinajstić information content (AvgIpc) is 2.88. The third-order valence-corrected chi connectivity index (χ3v) is 4.05. The Balaban J connectivity index is 2.06. The summed E-state index contributed by atoms with van der Waals surface area (Å²) in [6.45, 7) is 3.17. The molecule has 2 nitrogen and oxygen atoms in total. The maximum atomic E-state index is 4.46. The molecule has 2 aromatic carbocycles. The summed E-state index contributed by atoms with van der Waals surface area (Å²) >= 11 is 0. The fourth-order valence-corrected chi connectivity index (χ4v) is 3.09. The monoisotopic (exact) mass is 272 g/mol. The highest BCUT2D eigenvalue weighted by Gasteiger charge is 2.10. The molecule has 0 bridgehead atoms. The van der Waals surface area contributed by atoms with Crippen LogP contribution in [0.1, 0.15) is 6.92 Å². The Morgan fingerprint density at radius 3 is 2.48 bits per heavy atom. The lowest BCUT2D eigenvalue weighted by molar-refractivity contribution is 0.827. The van der Waals surface area contributed by atoms with Gasteiger partial charge in [-0.15, -0.1) is 0 Å². The topological polar surface area (TPSA) is 17.8 Å². The van der Waals surface area contributed by atoms with Crippen LogP contribution in [0.15, 0.2) is 66.9 Å². The van der Waals surface area contributed by atoms with E-state index in [2.05, 4.69) is 65.0 Å². The van der Waals surface area contributed by atoms with Gasteiger partial charge in [0.2, 0.25) is 0 Å². The standard InChI is InChI=1S/C19H16N2/c1-2-21-18-9-4-3-7-15(18)16-13-14(10-11-19(16)21)17-8-5-6-12-20-17/h3-13H,2H2,1H3. The Morgan fingerprint density at radius 1 is 0.857 bits per heavy atom. The van der Waals surface area contributed by atoms with Crippen molar-refractivity contribution in [1.82, 2.24) is 9.55 Å². The van der Waals surface area contributed by atoms with E-state index < -0.39 is 0 Å². The zero-order valence-corrected chi connectivity index (χ0v) is 12.0. The molecule has 0 aliphatic rings. The SMILES string of the molecule is CCn1c2ccccc2c2cc(-c3ccccn3)ccc21. The van der Waals surface area contributed by atoms with Crippen molar-refractivity contribution in [2.75, 3.05) is 0 Å². The molecular weight excluding hydrogens is 256 g/mol. The molecule has 0 amide bonds. The van der Waals surface area contributed by atoms with Gasteiger partial charge in [-0.1, -0.05) is 30.3 Å². The average molecular weight is 272 g/mol. The summed E-state index contributed by atoms with van der Waals surface area (Å²) in [6, 6.07) is 21.3. The molecule has 4 rings (SSSR count). The summed E-state index contributed by atoms with van der Waals surface area (Å²) in [5, 5.41) is 2.61. The van der Waals surface area contributed by atoms with Crippen LogP contribution in [-0.4, -0.2) is 9.55 Å². The lowest BCUT2D eigenvalue weighted by Gasteiger charge is -2.04. The number of rotatable bonds is 2. The van der Waals surface area contributed by atoms with E-state index in [0.29, 0.717) is 0 Å². The first kappa shape index (κ1) is 12.2. The van der Waals surface area contributed by atoms with Gasteiger partial charge in [0.05, 0.1) is 5.69 Å². The van der Waals surface area contributed by atoms with Gasteiger partial charge in [0.25, 0.3) is 0 Å². The van der Waals surface area contributed by atoms with Gasteiger partial charge in [0.15, 0.2) is 0 Å². The van der Waals surface area contributed by atoms with Crippen LogP contribution in [0.25, 0.3) is 33.1 Å². The van der Waals surface area contributed by atoms with E-state index >= 15 is 0 Å². The highest BCUT2D eigenvalue weighted by molar-refractivity contribution is 6.09. The predicted octanol–water partition coefficient (Wildman–Crippen LogP) is 4.88. The third-order valence-electron chi connectivity index (χ3n) is 4.05. The zero-order chi connectivity index (χ0) is 14.2. The molecule has 0 aliphatic heterocycles. The minimum absolute atomic E-state index is 0.979. The van der Waals surface area contributed by atoms with Crippen molar-refractivity contribution >= 4 is 21.8 Å². The molecule has 0 aliphatic carbocycles. The second-order valence-corrected chi connectivity index (χ2v) is 5.21. The first-order valence-electron chi connectivity index (χ1n) is 7.31. The molecule has 0 spiro atoms. The van der Waals surface area contributed by atoms with E-state index in [1.54, 1.807) is 0 Å². The van der Waals surface area contributed by atoms with E-state index in [-0.39, 0.29) is 0 Å². The van der Waals surface area contributed by atoms with E-state index in [1.165, 1.54) is 27.4 Å². The van der Waals surface area contributed by atoms with Gasteiger partial charge in [-0.2, -0.15) is 0 Å². The summed E-state index contributed by atoms with van der Waals surface area (Å²) in [7, 11) is 0.